The molecule has 1 aliphatic carbocycles. The number of amides is 2. The predicted octanol–water partition coefficient (Wildman–Crippen LogP) is 0.834. The lowest BCUT2D eigenvalue weighted by atomic mass is 10.0. The topological polar surface area (TPSA) is 148 Å². The maximum atomic E-state index is 13.1. The molecule has 2 unspecified atom stereocenters. The van der Waals surface area contributed by atoms with Gasteiger partial charge in [-0.15, -0.1) is 16.9 Å². The number of alkyl halides is 3. The summed E-state index contributed by atoms with van der Waals surface area (Å²) in [7, 11) is 1.65. The predicted molar refractivity (Wildman–Crippen MR) is 118 cm³/mol. The number of hydrogen-bond acceptors (Lipinski definition) is 9. The number of tetrazole rings is 1. The van der Waals surface area contributed by atoms with E-state index >= 15 is 0 Å². The fourth-order valence-corrected chi connectivity index (χ4v) is 6.38. The highest BCUT2D eigenvalue weighted by Crippen LogP contribution is 2.43. The highest BCUT2D eigenvalue weighted by atomic mass is 32.2. The van der Waals surface area contributed by atoms with Crippen LogP contribution in [-0.4, -0.2) is 80.7 Å². The number of nitrogens with zero attached hydrogens (tertiary/aromatic N) is 7. The second-order valence-electron chi connectivity index (χ2n) is 8.47. The van der Waals surface area contributed by atoms with Gasteiger partial charge in [0.1, 0.15) is 23.7 Å². The molecule has 2 N–H and O–H groups in total. The zero-order valence-corrected chi connectivity index (χ0v) is 20.2. The molecule has 2 fully saturated rings. The van der Waals surface area contributed by atoms with Gasteiger partial charge >= 0.3 is 12.1 Å². The summed E-state index contributed by atoms with van der Waals surface area (Å²) in [4.78, 5) is 38.6. The van der Waals surface area contributed by atoms with Gasteiger partial charge in [0.2, 0.25) is 11.1 Å². The lowest BCUT2D eigenvalue weighted by Crippen LogP contribution is -2.70. The Morgan fingerprint density at radius 1 is 1.33 bits per heavy atom. The molecular formula is C19H19F3N8O4S2. The summed E-state index contributed by atoms with van der Waals surface area (Å²) in [5.74, 6) is -2.06. The second kappa shape index (κ2) is 9.10. The average molecular weight is 545 g/mol. The quantitative estimate of drug-likeness (QED) is 0.362. The Bertz CT molecular complexity index is 1270. The number of aliphatic carboxylic acids is 1. The van der Waals surface area contributed by atoms with E-state index in [0.29, 0.717) is 22.2 Å². The van der Waals surface area contributed by atoms with Crippen LogP contribution in [0.2, 0.25) is 0 Å². The molecule has 17 heteroatoms. The summed E-state index contributed by atoms with van der Waals surface area (Å²) in [6.45, 7) is -0.474. The third-order valence-corrected chi connectivity index (χ3v) is 8.35. The fraction of sp³-hybridized carbons (Fsp3) is 0.526. The van der Waals surface area contributed by atoms with Crippen molar-refractivity contribution in [2.24, 2.45) is 7.05 Å². The number of halogens is 3. The van der Waals surface area contributed by atoms with Gasteiger partial charge in [0, 0.05) is 30.2 Å². The molecule has 4 heterocycles. The lowest BCUT2D eigenvalue weighted by molar-refractivity contribution is -0.150. The molecule has 1 saturated heterocycles. The number of carboxylic acids is 1. The number of fused-ring (bicyclic) bond motifs is 1. The molecule has 2 aromatic rings. The van der Waals surface area contributed by atoms with Gasteiger partial charge in [-0.05, 0) is 34.9 Å². The van der Waals surface area contributed by atoms with Crippen molar-refractivity contribution in [3.05, 3.63) is 28.7 Å². The van der Waals surface area contributed by atoms with E-state index in [2.05, 4.69) is 25.9 Å². The molecule has 5 rings (SSSR count). The molecule has 0 spiro atoms. The van der Waals surface area contributed by atoms with Gasteiger partial charge in [0.15, 0.2) is 5.69 Å². The zero-order valence-electron chi connectivity index (χ0n) is 18.6. The van der Waals surface area contributed by atoms with Crippen LogP contribution in [0, 0.1) is 0 Å². The number of thioether (sulfide) groups is 2. The van der Waals surface area contributed by atoms with E-state index < -0.39 is 47.6 Å². The number of aryl methyl sites for hydroxylation is 1. The molecule has 3 aliphatic rings. The minimum atomic E-state index is -4.63. The van der Waals surface area contributed by atoms with Crippen LogP contribution in [0.5, 0.6) is 0 Å². The fourth-order valence-electron chi connectivity index (χ4n) is 4.05. The molecular weight excluding hydrogens is 525 g/mol. The monoisotopic (exact) mass is 544 g/mol. The molecule has 192 valence electrons. The van der Waals surface area contributed by atoms with Crippen LogP contribution in [0.3, 0.4) is 0 Å². The Balaban J connectivity index is 1.26. The molecule has 0 bridgehead atoms. The molecule has 2 aliphatic heterocycles. The van der Waals surface area contributed by atoms with Crippen molar-refractivity contribution in [3.63, 3.8) is 0 Å². The number of nitrogens with one attached hydrogen (secondary N) is 1. The number of carbonyl (C=O) groups is 3. The molecule has 2 amide bonds. The van der Waals surface area contributed by atoms with Crippen LogP contribution >= 0.6 is 23.5 Å². The van der Waals surface area contributed by atoms with Gasteiger partial charge in [-0.3, -0.25) is 19.2 Å². The standard InChI is InChI=1S/C19H19F3N8O4S2/c1-28-18(24-26-27-28)36-7-9-6-35-16-13(15(32)30(16)14(9)17(33)34)23-12(31)5-29-10(8-2-3-8)4-11(25-29)19(20,21)22/h4,8,13,16H,2-3,5-7H2,1H3,(H,23,31)(H,33,34). The average Bonchev–Trinajstić information content (AvgIpc) is 3.44. The SMILES string of the molecule is Cn1nnnc1SCC1=C(C(=O)O)N2C(=O)C(NC(=O)Cn3nc(C(F)(F)F)cc3C3CC3)C2SC1. The number of hydrogen-bond donors (Lipinski definition) is 2. The van der Waals surface area contributed by atoms with Crippen LogP contribution < -0.4 is 5.32 Å². The van der Waals surface area contributed by atoms with Crippen LogP contribution in [0.25, 0.3) is 0 Å². The highest BCUT2D eigenvalue weighted by Gasteiger charge is 2.54. The first-order valence-corrected chi connectivity index (χ1v) is 12.8. The van der Waals surface area contributed by atoms with Crippen LogP contribution in [0.1, 0.15) is 30.1 Å². The summed E-state index contributed by atoms with van der Waals surface area (Å²) in [5.41, 5.74) is -0.359. The lowest BCUT2D eigenvalue weighted by Gasteiger charge is -2.49. The van der Waals surface area contributed by atoms with E-state index in [1.807, 2.05) is 0 Å². The first kappa shape index (κ1) is 24.6. The summed E-state index contributed by atoms with van der Waals surface area (Å²) < 4.78 is 41.8. The van der Waals surface area contributed by atoms with Crippen molar-refractivity contribution >= 4 is 41.3 Å². The van der Waals surface area contributed by atoms with Gasteiger partial charge in [-0.2, -0.15) is 18.3 Å². The summed E-state index contributed by atoms with van der Waals surface area (Å²) in [6, 6.07) is -0.0327. The van der Waals surface area contributed by atoms with Crippen LogP contribution in [-0.2, 0) is 34.2 Å². The number of rotatable bonds is 8. The molecule has 1 saturated carbocycles. The minimum absolute atomic E-state index is 0.0759. The van der Waals surface area contributed by atoms with E-state index in [4.69, 9.17) is 0 Å². The molecule has 0 aromatic carbocycles. The van der Waals surface area contributed by atoms with Crippen LogP contribution in [0.4, 0.5) is 13.2 Å². The van der Waals surface area contributed by atoms with E-state index in [1.54, 1.807) is 7.05 Å². The number of carboxylic acid groups (broad SMARTS) is 1. The third-order valence-electron chi connectivity index (χ3n) is 5.91. The van der Waals surface area contributed by atoms with Crippen molar-refractivity contribution in [1.82, 2.24) is 40.2 Å². The van der Waals surface area contributed by atoms with E-state index in [-0.39, 0.29) is 17.4 Å². The van der Waals surface area contributed by atoms with E-state index in [0.717, 1.165) is 28.5 Å². The molecule has 2 aromatic heterocycles. The van der Waals surface area contributed by atoms with Gasteiger partial charge in [0.05, 0.1) is 0 Å². The van der Waals surface area contributed by atoms with E-state index in [1.165, 1.54) is 28.2 Å². The van der Waals surface area contributed by atoms with Crippen LogP contribution in [0.15, 0.2) is 22.5 Å². The zero-order chi connectivity index (χ0) is 25.8. The Morgan fingerprint density at radius 2 is 2.08 bits per heavy atom. The smallest absolute Gasteiger partial charge is 0.435 e. The Kier molecular flexibility index (Phi) is 6.22. The van der Waals surface area contributed by atoms with Crippen molar-refractivity contribution in [3.8, 4) is 0 Å². The summed E-state index contributed by atoms with van der Waals surface area (Å²) in [5, 5.41) is 26.8. The van der Waals surface area contributed by atoms with Crippen molar-refractivity contribution in [2.45, 2.75) is 48.1 Å². The summed E-state index contributed by atoms with van der Waals surface area (Å²) >= 11 is 2.53. The van der Waals surface area contributed by atoms with Gasteiger partial charge < -0.3 is 10.4 Å². The maximum Gasteiger partial charge on any atom is 0.435 e. The third kappa shape index (κ3) is 4.56. The van der Waals surface area contributed by atoms with Crippen molar-refractivity contribution < 1.29 is 32.7 Å². The number of aromatic nitrogens is 6. The number of β-lactam (4-membered cyclic amide) rings is 1. The highest BCUT2D eigenvalue weighted by molar-refractivity contribution is 8.01. The van der Waals surface area contributed by atoms with E-state index in [9.17, 15) is 32.7 Å². The molecule has 2 atom stereocenters. The summed E-state index contributed by atoms with van der Waals surface area (Å²) in [6.07, 6.45) is -3.19. The largest absolute Gasteiger partial charge is 0.477 e. The Morgan fingerprint density at radius 3 is 2.69 bits per heavy atom. The maximum absolute atomic E-state index is 13.1. The van der Waals surface area contributed by atoms with Gasteiger partial charge in [0.25, 0.3) is 5.91 Å². The Labute approximate surface area is 209 Å². The molecule has 36 heavy (non-hydrogen) atoms. The van der Waals surface area contributed by atoms with Gasteiger partial charge in [-0.1, -0.05) is 11.8 Å². The first-order valence-electron chi connectivity index (χ1n) is 10.7. The normalized spacial score (nSPS) is 21.9. The minimum Gasteiger partial charge on any atom is -0.477 e. The van der Waals surface area contributed by atoms with Crippen molar-refractivity contribution in [2.75, 3.05) is 11.5 Å². The Hall–Kier alpha value is -3.08. The molecule has 0 radical (unpaired) electrons. The first-order chi connectivity index (χ1) is 17.0. The second-order valence-corrected chi connectivity index (χ2v) is 10.5. The van der Waals surface area contributed by atoms with Gasteiger partial charge in [-0.25, -0.2) is 9.48 Å². The molecule has 12 nitrogen and oxygen atoms in total. The number of carbonyl (C=O) groups excluding carboxylic acids is 2. The van der Waals surface area contributed by atoms with Crippen molar-refractivity contribution in [1.29, 1.82) is 0 Å².